The van der Waals surface area contributed by atoms with Gasteiger partial charge in [-0.15, -0.1) is 5.10 Å². The summed E-state index contributed by atoms with van der Waals surface area (Å²) in [6, 6.07) is 5.39. The molecule has 3 N–H and O–H groups in total. The monoisotopic (exact) mass is 192 g/mol. The molecule has 0 radical (unpaired) electrons. The molecule has 0 unspecified atom stereocenters. The van der Waals surface area contributed by atoms with Crippen LogP contribution in [-0.4, -0.2) is 31.1 Å². The minimum atomic E-state index is 0.119. The fourth-order valence-electron chi connectivity index (χ4n) is 1.17. The SMILES string of the molecule is N/C(Cc1cccc2nnnn12)=N\O. The molecule has 2 rings (SSSR count). The summed E-state index contributed by atoms with van der Waals surface area (Å²) in [5.41, 5.74) is 6.78. The lowest BCUT2D eigenvalue weighted by Crippen LogP contribution is -2.16. The first-order chi connectivity index (χ1) is 6.81. The summed E-state index contributed by atoms with van der Waals surface area (Å²) < 4.78 is 1.54. The topological polar surface area (TPSA) is 102 Å². The van der Waals surface area contributed by atoms with Crippen molar-refractivity contribution in [2.45, 2.75) is 6.42 Å². The number of nitrogens with zero attached hydrogens (tertiary/aromatic N) is 5. The fraction of sp³-hybridized carbons (Fsp3) is 0.143. The zero-order valence-corrected chi connectivity index (χ0v) is 7.20. The smallest absolute Gasteiger partial charge is 0.179 e. The Balaban J connectivity index is 2.46. The van der Waals surface area contributed by atoms with E-state index in [1.807, 2.05) is 6.07 Å². The Kier molecular flexibility index (Phi) is 1.98. The quantitative estimate of drug-likeness (QED) is 0.286. The number of tetrazole rings is 1. The van der Waals surface area contributed by atoms with Gasteiger partial charge in [0.05, 0.1) is 12.1 Å². The normalized spacial score (nSPS) is 12.1. The zero-order valence-electron chi connectivity index (χ0n) is 7.20. The van der Waals surface area contributed by atoms with Gasteiger partial charge in [-0.1, -0.05) is 11.2 Å². The van der Waals surface area contributed by atoms with Crippen molar-refractivity contribution in [3.05, 3.63) is 23.9 Å². The highest BCUT2D eigenvalue weighted by molar-refractivity contribution is 5.81. The molecule has 14 heavy (non-hydrogen) atoms. The Labute approximate surface area is 78.8 Å². The minimum Gasteiger partial charge on any atom is -0.409 e. The Morgan fingerprint density at radius 2 is 2.43 bits per heavy atom. The summed E-state index contributed by atoms with van der Waals surface area (Å²) in [5, 5.41) is 22.4. The lowest BCUT2D eigenvalue weighted by Gasteiger charge is -2.00. The Morgan fingerprint density at radius 1 is 1.57 bits per heavy atom. The van der Waals surface area contributed by atoms with Crippen LogP contribution in [0.2, 0.25) is 0 Å². The number of rotatable bonds is 2. The van der Waals surface area contributed by atoms with E-state index < -0.39 is 0 Å². The van der Waals surface area contributed by atoms with E-state index in [9.17, 15) is 0 Å². The molecule has 0 aromatic carbocycles. The summed E-state index contributed by atoms with van der Waals surface area (Å²) in [7, 11) is 0. The highest BCUT2D eigenvalue weighted by atomic mass is 16.4. The molecule has 2 aromatic heterocycles. The molecule has 0 aliphatic heterocycles. The second kappa shape index (κ2) is 3.29. The second-order valence-corrected chi connectivity index (χ2v) is 2.73. The highest BCUT2D eigenvalue weighted by Crippen LogP contribution is 2.03. The predicted octanol–water partition coefficient (Wildman–Crippen LogP) is -0.587. The van der Waals surface area contributed by atoms with E-state index in [0.717, 1.165) is 5.69 Å². The first-order valence-corrected chi connectivity index (χ1v) is 3.93. The second-order valence-electron chi connectivity index (χ2n) is 2.73. The molecule has 0 saturated heterocycles. The average Bonchev–Trinajstić information content (AvgIpc) is 2.66. The van der Waals surface area contributed by atoms with Crippen molar-refractivity contribution in [1.29, 1.82) is 0 Å². The first-order valence-electron chi connectivity index (χ1n) is 3.93. The molecule has 0 bridgehead atoms. The highest BCUT2D eigenvalue weighted by Gasteiger charge is 2.04. The number of aromatic nitrogens is 4. The van der Waals surface area contributed by atoms with Gasteiger partial charge in [-0.3, -0.25) is 0 Å². The van der Waals surface area contributed by atoms with Gasteiger partial charge in [0, 0.05) is 0 Å². The number of fused-ring (bicyclic) bond motifs is 1. The largest absolute Gasteiger partial charge is 0.409 e. The molecule has 0 amide bonds. The van der Waals surface area contributed by atoms with Gasteiger partial charge >= 0.3 is 0 Å². The van der Waals surface area contributed by atoms with E-state index in [4.69, 9.17) is 10.9 Å². The standard InChI is InChI=1S/C7H8N6O/c8-6(10-14)4-5-2-1-3-7-9-11-12-13(5)7/h1-3,14H,4H2,(H2,8,10). The van der Waals surface area contributed by atoms with Crippen LogP contribution in [0.4, 0.5) is 0 Å². The van der Waals surface area contributed by atoms with Crippen LogP contribution in [0.3, 0.4) is 0 Å². The Morgan fingerprint density at radius 3 is 3.21 bits per heavy atom. The third-order valence-corrected chi connectivity index (χ3v) is 1.79. The molecule has 0 spiro atoms. The lowest BCUT2D eigenvalue weighted by atomic mass is 10.2. The van der Waals surface area contributed by atoms with Gasteiger partial charge in [0.25, 0.3) is 0 Å². The number of hydrogen-bond acceptors (Lipinski definition) is 5. The molecule has 72 valence electrons. The van der Waals surface area contributed by atoms with E-state index in [1.54, 1.807) is 12.1 Å². The maximum absolute atomic E-state index is 8.42. The maximum atomic E-state index is 8.42. The summed E-state index contributed by atoms with van der Waals surface area (Å²) in [6.07, 6.45) is 0.304. The van der Waals surface area contributed by atoms with Crippen LogP contribution in [-0.2, 0) is 6.42 Å². The van der Waals surface area contributed by atoms with E-state index in [1.165, 1.54) is 4.52 Å². The van der Waals surface area contributed by atoms with Crippen LogP contribution >= 0.6 is 0 Å². The van der Waals surface area contributed by atoms with E-state index in [0.29, 0.717) is 12.1 Å². The fourth-order valence-corrected chi connectivity index (χ4v) is 1.17. The van der Waals surface area contributed by atoms with E-state index >= 15 is 0 Å². The first kappa shape index (κ1) is 8.42. The molecular weight excluding hydrogens is 184 g/mol. The Bertz CT molecular complexity index is 476. The van der Waals surface area contributed by atoms with Gasteiger partial charge in [0.2, 0.25) is 0 Å². The van der Waals surface area contributed by atoms with Crippen molar-refractivity contribution in [2.75, 3.05) is 0 Å². The zero-order chi connectivity index (χ0) is 9.97. The van der Waals surface area contributed by atoms with Crippen LogP contribution in [0.25, 0.3) is 5.65 Å². The van der Waals surface area contributed by atoms with Crippen molar-refractivity contribution in [1.82, 2.24) is 20.0 Å². The maximum Gasteiger partial charge on any atom is 0.179 e. The van der Waals surface area contributed by atoms with Crippen LogP contribution in [0.1, 0.15) is 5.69 Å². The van der Waals surface area contributed by atoms with Crippen molar-refractivity contribution < 1.29 is 5.21 Å². The van der Waals surface area contributed by atoms with Gasteiger partial charge in [0.15, 0.2) is 5.65 Å². The van der Waals surface area contributed by atoms with Crippen molar-refractivity contribution in [3.8, 4) is 0 Å². The number of hydrogen-bond donors (Lipinski definition) is 2. The minimum absolute atomic E-state index is 0.119. The molecule has 0 saturated carbocycles. The van der Waals surface area contributed by atoms with Crippen molar-refractivity contribution in [3.63, 3.8) is 0 Å². The van der Waals surface area contributed by atoms with Gasteiger partial charge in [-0.2, -0.15) is 4.52 Å². The molecule has 0 atom stereocenters. The Hall–Kier alpha value is -2.18. The molecule has 7 nitrogen and oxygen atoms in total. The average molecular weight is 192 g/mol. The van der Waals surface area contributed by atoms with Gasteiger partial charge < -0.3 is 10.9 Å². The summed E-state index contributed by atoms with van der Waals surface area (Å²) in [4.78, 5) is 0. The van der Waals surface area contributed by atoms with Gasteiger partial charge in [0.1, 0.15) is 5.84 Å². The molecule has 2 heterocycles. The molecule has 2 aromatic rings. The van der Waals surface area contributed by atoms with Crippen LogP contribution in [0, 0.1) is 0 Å². The van der Waals surface area contributed by atoms with Gasteiger partial charge in [-0.05, 0) is 22.6 Å². The number of pyridine rings is 1. The number of nitrogens with two attached hydrogens (primary N) is 1. The summed E-state index contributed by atoms with van der Waals surface area (Å²) in [5.74, 6) is 0.119. The number of amidine groups is 1. The predicted molar refractivity (Wildman–Crippen MR) is 47.9 cm³/mol. The van der Waals surface area contributed by atoms with Crippen molar-refractivity contribution >= 4 is 11.5 Å². The summed E-state index contributed by atoms with van der Waals surface area (Å²) in [6.45, 7) is 0. The van der Waals surface area contributed by atoms with Gasteiger partial charge in [-0.25, -0.2) is 0 Å². The molecule has 0 aliphatic carbocycles. The molecular formula is C7H8N6O. The third kappa shape index (κ3) is 1.35. The van der Waals surface area contributed by atoms with Crippen LogP contribution in [0.15, 0.2) is 23.4 Å². The lowest BCUT2D eigenvalue weighted by molar-refractivity contribution is 0.317. The summed E-state index contributed by atoms with van der Waals surface area (Å²) >= 11 is 0. The van der Waals surface area contributed by atoms with Crippen LogP contribution in [0.5, 0.6) is 0 Å². The molecule has 0 aliphatic rings. The number of oxime groups is 1. The third-order valence-electron chi connectivity index (χ3n) is 1.79. The van der Waals surface area contributed by atoms with Crippen LogP contribution < -0.4 is 5.73 Å². The molecule has 7 heteroatoms. The van der Waals surface area contributed by atoms with Crippen molar-refractivity contribution in [2.24, 2.45) is 10.9 Å². The van der Waals surface area contributed by atoms with E-state index in [-0.39, 0.29) is 5.84 Å². The van der Waals surface area contributed by atoms with E-state index in [2.05, 4.69) is 20.7 Å². The molecule has 0 fully saturated rings.